The molecule has 1 fully saturated rings. The van der Waals surface area contributed by atoms with E-state index in [1.807, 2.05) is 22.4 Å². The summed E-state index contributed by atoms with van der Waals surface area (Å²) in [5, 5.41) is 1.97. The normalized spacial score (nSPS) is 18.2. The topological polar surface area (TPSA) is 20.3 Å². The summed E-state index contributed by atoms with van der Waals surface area (Å²) in [6.45, 7) is 1.75. The summed E-state index contributed by atoms with van der Waals surface area (Å²) in [4.78, 5) is 15.3. The third-order valence-electron chi connectivity index (χ3n) is 4.82. The van der Waals surface area contributed by atoms with Crippen LogP contribution in [0.1, 0.15) is 33.6 Å². The molecule has 4 rings (SSSR count). The highest BCUT2D eigenvalue weighted by Crippen LogP contribution is 2.38. The van der Waals surface area contributed by atoms with Gasteiger partial charge in [0.2, 0.25) is 0 Å². The Hall–Kier alpha value is -1.87. The van der Waals surface area contributed by atoms with E-state index in [1.165, 1.54) is 28.0 Å². The Balaban J connectivity index is 1.44. The first-order chi connectivity index (χ1) is 10.8. The van der Waals surface area contributed by atoms with Gasteiger partial charge in [0.25, 0.3) is 5.91 Å². The molecule has 0 bridgehead atoms. The second-order valence-corrected chi connectivity index (χ2v) is 7.01. The Morgan fingerprint density at radius 1 is 1.09 bits per heavy atom. The fourth-order valence-electron chi connectivity index (χ4n) is 3.65. The summed E-state index contributed by atoms with van der Waals surface area (Å²) in [5.41, 5.74) is 4.40. The van der Waals surface area contributed by atoms with Crippen LogP contribution in [0.2, 0.25) is 0 Å². The van der Waals surface area contributed by atoms with Crippen molar-refractivity contribution in [2.24, 2.45) is 5.92 Å². The van der Waals surface area contributed by atoms with E-state index in [0.717, 1.165) is 37.2 Å². The molecular formula is C19H19NOS. The molecule has 1 aliphatic carbocycles. The summed E-state index contributed by atoms with van der Waals surface area (Å²) >= 11 is 1.54. The zero-order chi connectivity index (χ0) is 14.9. The third-order valence-corrected chi connectivity index (χ3v) is 5.68. The van der Waals surface area contributed by atoms with Crippen molar-refractivity contribution in [1.29, 1.82) is 0 Å². The van der Waals surface area contributed by atoms with Crippen molar-refractivity contribution in [3.05, 3.63) is 63.9 Å². The first-order valence-corrected chi connectivity index (χ1v) is 8.82. The molecule has 2 nitrogen and oxygen atoms in total. The zero-order valence-electron chi connectivity index (χ0n) is 12.5. The highest BCUT2D eigenvalue weighted by Gasteiger charge is 2.28. The van der Waals surface area contributed by atoms with Crippen molar-refractivity contribution in [3.8, 4) is 0 Å². The van der Waals surface area contributed by atoms with E-state index < -0.39 is 0 Å². The van der Waals surface area contributed by atoms with Crippen LogP contribution in [0.15, 0.2) is 47.9 Å². The fraction of sp³-hybridized carbons (Fsp3) is 0.316. The summed E-state index contributed by atoms with van der Waals surface area (Å²) in [6, 6.07) is 12.6. The number of nitrogens with zero attached hydrogens (tertiary/aromatic N) is 1. The van der Waals surface area contributed by atoms with Crippen LogP contribution in [0.5, 0.6) is 0 Å². The summed E-state index contributed by atoms with van der Waals surface area (Å²) in [5.74, 6) is 0.810. The Kier molecular flexibility index (Phi) is 3.59. The highest BCUT2D eigenvalue weighted by atomic mass is 32.1. The molecular weight excluding hydrogens is 290 g/mol. The Morgan fingerprint density at radius 2 is 1.91 bits per heavy atom. The number of allylic oxidation sites excluding steroid dienone is 2. The lowest BCUT2D eigenvalue weighted by Crippen LogP contribution is -2.38. The SMILES string of the molecule is O=C(c1cccs1)N1CCC(C2=CCc3ccccc32)CC1. The quantitative estimate of drug-likeness (QED) is 0.812. The number of likely N-dealkylation sites (tertiary alicyclic amines) is 1. The second-order valence-electron chi connectivity index (χ2n) is 6.06. The van der Waals surface area contributed by atoms with Crippen LogP contribution in [0.3, 0.4) is 0 Å². The fourth-order valence-corrected chi connectivity index (χ4v) is 4.34. The van der Waals surface area contributed by atoms with E-state index >= 15 is 0 Å². The van der Waals surface area contributed by atoms with Crippen LogP contribution >= 0.6 is 11.3 Å². The van der Waals surface area contributed by atoms with Crippen LogP contribution in [0.4, 0.5) is 0 Å². The van der Waals surface area contributed by atoms with Crippen molar-refractivity contribution >= 4 is 22.8 Å². The van der Waals surface area contributed by atoms with Gasteiger partial charge in [0.15, 0.2) is 0 Å². The van der Waals surface area contributed by atoms with Gasteiger partial charge in [0, 0.05) is 13.1 Å². The van der Waals surface area contributed by atoms with Gasteiger partial charge in [-0.25, -0.2) is 0 Å². The monoisotopic (exact) mass is 309 g/mol. The number of fused-ring (bicyclic) bond motifs is 1. The molecule has 2 aromatic rings. The van der Waals surface area contributed by atoms with E-state index in [1.54, 1.807) is 0 Å². The number of carbonyl (C=O) groups excluding carboxylic acids is 1. The summed E-state index contributed by atoms with van der Waals surface area (Å²) in [6.07, 6.45) is 5.63. The smallest absolute Gasteiger partial charge is 0.263 e. The maximum Gasteiger partial charge on any atom is 0.263 e. The lowest BCUT2D eigenvalue weighted by atomic mass is 9.86. The summed E-state index contributed by atoms with van der Waals surface area (Å²) in [7, 11) is 0. The number of hydrogen-bond acceptors (Lipinski definition) is 2. The van der Waals surface area contributed by atoms with Gasteiger partial charge < -0.3 is 4.90 Å². The van der Waals surface area contributed by atoms with Gasteiger partial charge in [-0.05, 0) is 53.3 Å². The van der Waals surface area contributed by atoms with Crippen LogP contribution < -0.4 is 0 Å². The highest BCUT2D eigenvalue weighted by molar-refractivity contribution is 7.12. The third kappa shape index (κ3) is 2.40. The average Bonchev–Trinajstić information content (AvgIpc) is 3.24. The first-order valence-electron chi connectivity index (χ1n) is 7.94. The van der Waals surface area contributed by atoms with Gasteiger partial charge >= 0.3 is 0 Å². The van der Waals surface area contributed by atoms with Crippen LogP contribution in [-0.2, 0) is 6.42 Å². The number of hydrogen-bond donors (Lipinski definition) is 0. The van der Waals surface area contributed by atoms with Crippen LogP contribution in [-0.4, -0.2) is 23.9 Å². The van der Waals surface area contributed by atoms with Gasteiger partial charge in [0.05, 0.1) is 4.88 Å². The molecule has 22 heavy (non-hydrogen) atoms. The number of thiophene rings is 1. The van der Waals surface area contributed by atoms with Crippen LogP contribution in [0, 0.1) is 5.92 Å². The minimum Gasteiger partial charge on any atom is -0.338 e. The van der Waals surface area contributed by atoms with E-state index in [2.05, 4.69) is 30.3 Å². The molecule has 112 valence electrons. The zero-order valence-corrected chi connectivity index (χ0v) is 13.3. The lowest BCUT2D eigenvalue weighted by molar-refractivity contribution is 0.0713. The molecule has 1 aromatic carbocycles. The van der Waals surface area contributed by atoms with Gasteiger partial charge in [-0.2, -0.15) is 0 Å². The molecule has 0 N–H and O–H groups in total. The number of piperidine rings is 1. The van der Waals surface area contributed by atoms with Crippen molar-refractivity contribution < 1.29 is 4.79 Å². The van der Waals surface area contributed by atoms with E-state index in [9.17, 15) is 4.79 Å². The van der Waals surface area contributed by atoms with E-state index in [4.69, 9.17) is 0 Å². The maximum absolute atomic E-state index is 12.4. The van der Waals surface area contributed by atoms with Crippen LogP contribution in [0.25, 0.3) is 5.57 Å². The van der Waals surface area contributed by atoms with Crippen molar-refractivity contribution in [3.63, 3.8) is 0 Å². The molecule has 0 atom stereocenters. The number of rotatable bonds is 2. The maximum atomic E-state index is 12.4. The van der Waals surface area contributed by atoms with Gasteiger partial charge in [0.1, 0.15) is 0 Å². The first kappa shape index (κ1) is 13.8. The average molecular weight is 309 g/mol. The van der Waals surface area contributed by atoms with Crippen molar-refractivity contribution in [2.75, 3.05) is 13.1 Å². The molecule has 0 spiro atoms. The Bertz CT molecular complexity index is 709. The molecule has 2 heterocycles. The molecule has 2 aliphatic rings. The predicted molar refractivity (Wildman–Crippen MR) is 91.1 cm³/mol. The molecule has 0 unspecified atom stereocenters. The van der Waals surface area contributed by atoms with E-state index in [0.29, 0.717) is 5.92 Å². The molecule has 0 saturated carbocycles. The Labute approximate surface area is 135 Å². The molecule has 1 aliphatic heterocycles. The minimum atomic E-state index is 0.203. The molecule has 0 radical (unpaired) electrons. The minimum absolute atomic E-state index is 0.203. The standard InChI is InChI=1S/C19H19NOS/c21-19(18-6-3-13-22-18)20-11-9-15(10-12-20)17-8-7-14-4-1-2-5-16(14)17/h1-6,8,13,15H,7,9-12H2. The largest absolute Gasteiger partial charge is 0.338 e. The molecule has 1 aromatic heterocycles. The molecule has 3 heteroatoms. The summed E-state index contributed by atoms with van der Waals surface area (Å²) < 4.78 is 0. The van der Waals surface area contributed by atoms with Gasteiger partial charge in [-0.1, -0.05) is 36.4 Å². The molecule has 1 saturated heterocycles. The Morgan fingerprint density at radius 3 is 2.68 bits per heavy atom. The second kappa shape index (κ2) is 5.73. The van der Waals surface area contributed by atoms with Crippen molar-refractivity contribution in [1.82, 2.24) is 4.90 Å². The van der Waals surface area contributed by atoms with Crippen molar-refractivity contribution in [2.45, 2.75) is 19.3 Å². The van der Waals surface area contributed by atoms with E-state index in [-0.39, 0.29) is 5.91 Å². The number of amides is 1. The predicted octanol–water partition coefficient (Wildman–Crippen LogP) is 4.24. The number of benzene rings is 1. The van der Waals surface area contributed by atoms with Gasteiger partial charge in [-0.15, -0.1) is 11.3 Å². The van der Waals surface area contributed by atoms with Gasteiger partial charge in [-0.3, -0.25) is 4.79 Å². The lowest BCUT2D eigenvalue weighted by Gasteiger charge is -2.32. The number of carbonyl (C=O) groups is 1. The molecule has 1 amide bonds.